The zero-order valence-electron chi connectivity index (χ0n) is 12.5. The highest BCUT2D eigenvalue weighted by Crippen LogP contribution is 2.05. The number of nitrogens with zero attached hydrogens (tertiary/aromatic N) is 1. The SMILES string of the molecule is C=S(=O)([O-])CCC[N+](C)(C)CCOC(=O)C(C)CC. The highest BCUT2D eigenvalue weighted by atomic mass is 32.2. The Labute approximate surface area is 117 Å². The van der Waals surface area contributed by atoms with E-state index < -0.39 is 9.80 Å². The maximum Gasteiger partial charge on any atom is 0.308 e. The maximum atomic E-state index is 11.5. The van der Waals surface area contributed by atoms with Gasteiger partial charge in [-0.15, -0.1) is 0 Å². The normalized spacial score (nSPS) is 16.7. The molecule has 0 fully saturated rings. The van der Waals surface area contributed by atoms with E-state index in [9.17, 15) is 13.6 Å². The van der Waals surface area contributed by atoms with Crippen LogP contribution >= 0.6 is 0 Å². The summed E-state index contributed by atoms with van der Waals surface area (Å²) in [5.41, 5.74) is 0. The number of ether oxygens (including phenoxy) is 1. The number of hydrogen-bond donors (Lipinski definition) is 0. The zero-order chi connectivity index (χ0) is 15.1. The first-order valence-electron chi connectivity index (χ1n) is 6.62. The van der Waals surface area contributed by atoms with E-state index in [0.29, 0.717) is 24.1 Å². The van der Waals surface area contributed by atoms with Crippen molar-refractivity contribution in [3.63, 3.8) is 0 Å². The van der Waals surface area contributed by atoms with Crippen LogP contribution in [0, 0.1) is 5.92 Å². The predicted octanol–water partition coefficient (Wildman–Crippen LogP) is 0.889. The summed E-state index contributed by atoms with van der Waals surface area (Å²) in [5.74, 6) is 2.97. The molecule has 0 aromatic rings. The van der Waals surface area contributed by atoms with Crippen LogP contribution in [0.1, 0.15) is 26.7 Å². The van der Waals surface area contributed by atoms with Crippen LogP contribution < -0.4 is 0 Å². The molecule has 0 aliphatic rings. The van der Waals surface area contributed by atoms with Crippen molar-refractivity contribution < 1.29 is 22.8 Å². The van der Waals surface area contributed by atoms with Gasteiger partial charge in [0.05, 0.1) is 26.6 Å². The molecule has 5 nitrogen and oxygen atoms in total. The number of carbonyl (C=O) groups is 1. The molecule has 0 saturated carbocycles. The second-order valence-corrected chi connectivity index (χ2v) is 7.56. The summed E-state index contributed by atoms with van der Waals surface area (Å²) in [7, 11) is 0.845. The van der Waals surface area contributed by atoms with Crippen LogP contribution in [0.3, 0.4) is 0 Å². The maximum absolute atomic E-state index is 11.5. The van der Waals surface area contributed by atoms with Crippen molar-refractivity contribution in [3.05, 3.63) is 0 Å². The van der Waals surface area contributed by atoms with Crippen LogP contribution in [0.5, 0.6) is 0 Å². The van der Waals surface area contributed by atoms with Crippen molar-refractivity contribution in [3.8, 4) is 0 Å². The molecule has 0 N–H and O–H groups in total. The molecule has 0 aromatic heterocycles. The molecule has 2 atom stereocenters. The fraction of sp³-hybridized carbons (Fsp3) is 0.846. The molecule has 0 spiro atoms. The Hall–Kier alpha value is -0.590. The van der Waals surface area contributed by atoms with Gasteiger partial charge in [0, 0.05) is 12.2 Å². The molecule has 0 aromatic carbocycles. The highest BCUT2D eigenvalue weighted by molar-refractivity contribution is 7.94. The average molecular weight is 293 g/mol. The number of carbonyl (C=O) groups excluding carboxylic acids is 1. The second kappa shape index (κ2) is 7.87. The molecule has 6 heteroatoms. The number of hydrogen-bond acceptors (Lipinski definition) is 4. The Morgan fingerprint density at radius 2 is 2.00 bits per heavy atom. The Morgan fingerprint density at radius 1 is 1.42 bits per heavy atom. The van der Waals surface area contributed by atoms with Gasteiger partial charge in [0.25, 0.3) is 0 Å². The first-order valence-corrected chi connectivity index (χ1v) is 8.44. The minimum absolute atomic E-state index is 0.0630. The summed E-state index contributed by atoms with van der Waals surface area (Å²) in [6.45, 7) is 5.56. The largest absolute Gasteiger partial charge is 0.778 e. The molecule has 114 valence electrons. The van der Waals surface area contributed by atoms with E-state index in [0.717, 1.165) is 13.0 Å². The lowest BCUT2D eigenvalue weighted by Crippen LogP contribution is -2.44. The molecule has 0 rings (SSSR count). The highest BCUT2D eigenvalue weighted by Gasteiger charge is 2.17. The molecule has 0 aliphatic carbocycles. The Balaban J connectivity index is 3.94. The Bertz CT molecular complexity index is 376. The number of rotatable bonds is 9. The van der Waals surface area contributed by atoms with E-state index in [2.05, 4.69) is 5.87 Å². The molecule has 0 radical (unpaired) electrons. The Morgan fingerprint density at radius 3 is 2.47 bits per heavy atom. The quantitative estimate of drug-likeness (QED) is 0.360. The van der Waals surface area contributed by atoms with Gasteiger partial charge >= 0.3 is 5.97 Å². The van der Waals surface area contributed by atoms with Crippen LogP contribution in [-0.2, 0) is 19.3 Å². The lowest BCUT2D eigenvalue weighted by molar-refractivity contribution is -0.890. The van der Waals surface area contributed by atoms with Crippen LogP contribution in [0.15, 0.2) is 0 Å². The van der Waals surface area contributed by atoms with E-state index in [1.165, 1.54) is 0 Å². The summed E-state index contributed by atoms with van der Waals surface area (Å²) < 4.78 is 27.7. The fourth-order valence-electron chi connectivity index (χ4n) is 1.53. The molecule has 0 amide bonds. The van der Waals surface area contributed by atoms with Gasteiger partial charge in [-0.2, -0.15) is 0 Å². The van der Waals surface area contributed by atoms with Crippen LogP contribution in [0.2, 0.25) is 0 Å². The van der Waals surface area contributed by atoms with Crippen LogP contribution in [0.25, 0.3) is 0 Å². The van der Waals surface area contributed by atoms with Gasteiger partial charge < -0.3 is 13.8 Å². The minimum atomic E-state index is -3.14. The monoisotopic (exact) mass is 293 g/mol. The Kier molecular flexibility index (Phi) is 7.62. The standard InChI is InChI=1S/C13H27NO4S/c1-6-12(2)13(15)18-10-9-14(3,4)8-7-11-19(5,16)17/h12H,5-11H2,1-4H3. The van der Waals surface area contributed by atoms with Crippen LogP contribution in [-0.4, -0.2) is 64.6 Å². The van der Waals surface area contributed by atoms with E-state index in [4.69, 9.17) is 4.74 Å². The van der Waals surface area contributed by atoms with Gasteiger partial charge in [0.15, 0.2) is 0 Å². The van der Waals surface area contributed by atoms with Crippen molar-refractivity contribution >= 4 is 21.6 Å². The van der Waals surface area contributed by atoms with Gasteiger partial charge in [-0.25, -0.2) is 0 Å². The molecule has 0 bridgehead atoms. The van der Waals surface area contributed by atoms with Gasteiger partial charge in [-0.3, -0.25) is 9.00 Å². The number of esters is 1. The summed E-state index contributed by atoms with van der Waals surface area (Å²) >= 11 is 0. The van der Waals surface area contributed by atoms with Crippen molar-refractivity contribution in [1.29, 1.82) is 0 Å². The van der Waals surface area contributed by atoms with E-state index >= 15 is 0 Å². The van der Waals surface area contributed by atoms with Gasteiger partial charge in [0.1, 0.15) is 13.2 Å². The first kappa shape index (κ1) is 18.4. The number of likely N-dealkylation sites (N-methyl/N-ethyl adjacent to an activating group) is 1. The fourth-order valence-corrected chi connectivity index (χ4v) is 2.10. The summed E-state index contributed by atoms with van der Waals surface area (Å²) in [6.07, 6.45) is 1.34. The third kappa shape index (κ3) is 9.92. The van der Waals surface area contributed by atoms with Crippen LogP contribution in [0.4, 0.5) is 0 Å². The zero-order valence-corrected chi connectivity index (χ0v) is 13.3. The van der Waals surface area contributed by atoms with Gasteiger partial charge in [-0.1, -0.05) is 29.5 Å². The van der Waals surface area contributed by atoms with Crippen molar-refractivity contribution in [1.82, 2.24) is 0 Å². The summed E-state index contributed by atoms with van der Waals surface area (Å²) in [6, 6.07) is 0. The molecular formula is C13H27NO4S. The lowest BCUT2D eigenvalue weighted by atomic mass is 10.1. The topological polar surface area (TPSA) is 66.4 Å². The van der Waals surface area contributed by atoms with E-state index in [1.54, 1.807) is 0 Å². The third-order valence-corrected chi connectivity index (χ3v) is 4.09. The molecule has 2 unspecified atom stereocenters. The smallest absolute Gasteiger partial charge is 0.308 e. The molecule has 0 saturated heterocycles. The molecule has 0 aliphatic heterocycles. The van der Waals surface area contributed by atoms with E-state index in [1.807, 2.05) is 27.9 Å². The second-order valence-electron chi connectivity index (χ2n) is 5.66. The molecule has 0 heterocycles. The van der Waals surface area contributed by atoms with Gasteiger partial charge in [0.2, 0.25) is 0 Å². The first-order chi connectivity index (χ1) is 8.57. The average Bonchev–Trinajstić information content (AvgIpc) is 2.25. The van der Waals surface area contributed by atoms with Crippen molar-refractivity contribution in [2.75, 3.05) is 39.5 Å². The van der Waals surface area contributed by atoms with E-state index in [-0.39, 0.29) is 17.6 Å². The van der Waals surface area contributed by atoms with Crippen molar-refractivity contribution in [2.24, 2.45) is 5.92 Å². The van der Waals surface area contributed by atoms with Gasteiger partial charge in [-0.05, 0) is 6.42 Å². The minimum Gasteiger partial charge on any atom is -0.778 e. The lowest BCUT2D eigenvalue weighted by Gasteiger charge is -2.30. The van der Waals surface area contributed by atoms with Crippen molar-refractivity contribution in [2.45, 2.75) is 26.7 Å². The summed E-state index contributed by atoms with van der Waals surface area (Å²) in [5, 5.41) is 0. The molecule has 19 heavy (non-hydrogen) atoms. The predicted molar refractivity (Wildman–Crippen MR) is 77.8 cm³/mol. The third-order valence-electron chi connectivity index (χ3n) is 3.17. The number of quaternary nitrogens is 1. The molecular weight excluding hydrogens is 266 g/mol. The summed E-state index contributed by atoms with van der Waals surface area (Å²) in [4.78, 5) is 11.5.